The monoisotopic (exact) mass is 447 g/mol. The number of carbonyl (C=O) groups excluding carboxylic acids is 3. The van der Waals surface area contributed by atoms with Crippen molar-refractivity contribution in [3.8, 4) is 11.5 Å². The zero-order chi connectivity index (χ0) is 21.5. The Morgan fingerprint density at radius 3 is 2.40 bits per heavy atom. The second-order valence-electron chi connectivity index (χ2n) is 7.56. The van der Waals surface area contributed by atoms with Crippen LogP contribution in [0.15, 0.2) is 36.4 Å². The molecular formula is C22H19Cl2NO5. The summed E-state index contributed by atoms with van der Waals surface area (Å²) in [5, 5.41) is 0.711. The van der Waals surface area contributed by atoms with E-state index < -0.39 is 11.6 Å². The number of likely N-dealkylation sites (tertiary alicyclic amines) is 1. The predicted molar refractivity (Wildman–Crippen MR) is 112 cm³/mol. The molecule has 8 heteroatoms. The first-order valence-corrected chi connectivity index (χ1v) is 10.3. The van der Waals surface area contributed by atoms with Crippen LogP contribution in [0, 0.1) is 0 Å². The molecule has 2 aromatic rings. The molecule has 0 aliphatic carbocycles. The highest BCUT2D eigenvalue weighted by Gasteiger charge is 2.44. The zero-order valence-corrected chi connectivity index (χ0v) is 17.8. The van der Waals surface area contributed by atoms with Crippen LogP contribution in [-0.2, 0) is 4.79 Å². The number of hydrogen-bond donors (Lipinski definition) is 0. The van der Waals surface area contributed by atoms with E-state index >= 15 is 0 Å². The van der Waals surface area contributed by atoms with Crippen LogP contribution in [0.25, 0.3) is 0 Å². The maximum Gasteiger partial charge on any atom is 0.308 e. The van der Waals surface area contributed by atoms with Crippen LogP contribution in [0.2, 0.25) is 10.0 Å². The molecule has 4 rings (SSSR count). The van der Waals surface area contributed by atoms with Crippen molar-refractivity contribution in [3.05, 3.63) is 57.6 Å². The van der Waals surface area contributed by atoms with Gasteiger partial charge < -0.3 is 14.4 Å². The van der Waals surface area contributed by atoms with Gasteiger partial charge in [0.05, 0.1) is 17.0 Å². The van der Waals surface area contributed by atoms with Gasteiger partial charge in [-0.3, -0.25) is 14.4 Å². The second-order valence-corrected chi connectivity index (χ2v) is 8.40. The summed E-state index contributed by atoms with van der Waals surface area (Å²) in [5.41, 5.74) is 0.243. The molecule has 1 saturated heterocycles. The van der Waals surface area contributed by atoms with Gasteiger partial charge in [0.15, 0.2) is 5.78 Å². The van der Waals surface area contributed by atoms with E-state index in [1.54, 1.807) is 41.3 Å². The standard InChI is InChI=1S/C22H19Cl2NO5/c1-13(26)29-16-4-2-14(3-5-16)21(28)25-8-6-22(7-9-25)12-19(27)17-10-15(23)11-18(24)20(17)30-22/h2-5,10-11H,6-9,12H2,1H3. The van der Waals surface area contributed by atoms with E-state index in [1.807, 2.05) is 0 Å². The first-order chi connectivity index (χ1) is 14.3. The molecule has 0 atom stereocenters. The molecule has 0 unspecified atom stereocenters. The van der Waals surface area contributed by atoms with Crippen LogP contribution in [-0.4, -0.2) is 41.3 Å². The fraction of sp³-hybridized carbons (Fsp3) is 0.318. The van der Waals surface area contributed by atoms with E-state index in [4.69, 9.17) is 32.7 Å². The van der Waals surface area contributed by atoms with Crippen LogP contribution in [0.3, 0.4) is 0 Å². The van der Waals surface area contributed by atoms with Gasteiger partial charge in [-0.1, -0.05) is 23.2 Å². The van der Waals surface area contributed by atoms with Crippen molar-refractivity contribution in [2.24, 2.45) is 0 Å². The molecule has 0 aromatic heterocycles. The van der Waals surface area contributed by atoms with Crippen molar-refractivity contribution in [1.82, 2.24) is 4.90 Å². The molecule has 2 aromatic carbocycles. The number of nitrogens with zero attached hydrogens (tertiary/aromatic N) is 1. The van der Waals surface area contributed by atoms with Gasteiger partial charge in [0.1, 0.15) is 17.1 Å². The Bertz CT molecular complexity index is 1030. The molecule has 1 spiro atoms. The molecule has 2 heterocycles. The number of rotatable bonds is 2. The number of Topliss-reactive ketones (excluding diaryl/α,β-unsaturated/α-hetero) is 1. The lowest BCUT2D eigenvalue weighted by Gasteiger charge is -2.44. The minimum atomic E-state index is -0.669. The maximum absolute atomic E-state index is 12.8. The van der Waals surface area contributed by atoms with E-state index in [0.717, 1.165) is 0 Å². The van der Waals surface area contributed by atoms with Crippen molar-refractivity contribution < 1.29 is 23.9 Å². The number of piperidine rings is 1. The van der Waals surface area contributed by atoms with Gasteiger partial charge in [0.25, 0.3) is 5.91 Å². The lowest BCUT2D eigenvalue weighted by molar-refractivity contribution is -0.131. The fourth-order valence-electron chi connectivity index (χ4n) is 3.92. The minimum Gasteiger partial charge on any atom is -0.484 e. The number of fused-ring (bicyclic) bond motifs is 1. The SMILES string of the molecule is CC(=O)Oc1ccc(C(=O)N2CCC3(CC2)CC(=O)c2cc(Cl)cc(Cl)c2O3)cc1. The zero-order valence-electron chi connectivity index (χ0n) is 16.2. The summed E-state index contributed by atoms with van der Waals surface area (Å²) in [7, 11) is 0. The first kappa shape index (κ1) is 20.7. The van der Waals surface area contributed by atoms with Crippen LogP contribution in [0.5, 0.6) is 11.5 Å². The largest absolute Gasteiger partial charge is 0.484 e. The molecule has 6 nitrogen and oxygen atoms in total. The van der Waals surface area contributed by atoms with E-state index in [2.05, 4.69) is 0 Å². The van der Waals surface area contributed by atoms with Gasteiger partial charge in [0.2, 0.25) is 0 Å². The first-order valence-electron chi connectivity index (χ1n) is 9.55. The number of ketones is 1. The van der Waals surface area contributed by atoms with Gasteiger partial charge in [0, 0.05) is 43.4 Å². The number of carbonyl (C=O) groups is 3. The molecule has 2 aliphatic heterocycles. The summed E-state index contributed by atoms with van der Waals surface area (Å²) >= 11 is 12.3. The summed E-state index contributed by atoms with van der Waals surface area (Å²) in [6, 6.07) is 9.58. The highest BCUT2D eigenvalue weighted by Crippen LogP contribution is 2.44. The second kappa shape index (κ2) is 7.93. The fourth-order valence-corrected chi connectivity index (χ4v) is 4.45. The molecule has 0 bridgehead atoms. The van der Waals surface area contributed by atoms with Crippen molar-refractivity contribution >= 4 is 40.9 Å². The van der Waals surface area contributed by atoms with Gasteiger partial charge in [-0.25, -0.2) is 0 Å². The summed E-state index contributed by atoms with van der Waals surface area (Å²) in [4.78, 5) is 38.3. The van der Waals surface area contributed by atoms with Crippen molar-refractivity contribution in [1.29, 1.82) is 0 Å². The molecule has 1 amide bonds. The van der Waals surface area contributed by atoms with Crippen molar-refractivity contribution in [2.45, 2.75) is 31.8 Å². The molecule has 0 N–H and O–H groups in total. The Morgan fingerprint density at radius 1 is 1.10 bits per heavy atom. The number of ether oxygens (including phenoxy) is 2. The number of halogens is 2. The average Bonchev–Trinajstić information content (AvgIpc) is 2.69. The molecule has 156 valence electrons. The van der Waals surface area contributed by atoms with Gasteiger partial charge in [-0.2, -0.15) is 0 Å². The third kappa shape index (κ3) is 4.02. The number of benzene rings is 2. The van der Waals surface area contributed by atoms with Crippen LogP contribution in [0.1, 0.15) is 46.9 Å². The van der Waals surface area contributed by atoms with E-state index in [-0.39, 0.29) is 18.1 Å². The quantitative estimate of drug-likeness (QED) is 0.498. The third-order valence-corrected chi connectivity index (χ3v) is 5.93. The molecule has 2 aliphatic rings. The average molecular weight is 448 g/mol. The summed E-state index contributed by atoms with van der Waals surface area (Å²) < 4.78 is 11.2. The van der Waals surface area contributed by atoms with Gasteiger partial charge in [-0.15, -0.1) is 0 Å². The molecule has 30 heavy (non-hydrogen) atoms. The number of esters is 1. The van der Waals surface area contributed by atoms with Crippen LogP contribution >= 0.6 is 23.2 Å². The predicted octanol–water partition coefficient (Wildman–Crippen LogP) is 4.56. The topological polar surface area (TPSA) is 72.9 Å². The van der Waals surface area contributed by atoms with Gasteiger partial charge >= 0.3 is 5.97 Å². The third-order valence-electron chi connectivity index (χ3n) is 5.43. The van der Waals surface area contributed by atoms with Crippen molar-refractivity contribution in [3.63, 3.8) is 0 Å². The summed E-state index contributed by atoms with van der Waals surface area (Å²) in [6.07, 6.45) is 1.28. The Labute approximate surface area is 183 Å². The Kier molecular flexibility index (Phi) is 5.47. The van der Waals surface area contributed by atoms with E-state index in [9.17, 15) is 14.4 Å². The van der Waals surface area contributed by atoms with E-state index in [0.29, 0.717) is 58.6 Å². The molecule has 1 fully saturated rings. The minimum absolute atomic E-state index is 0.0542. The Morgan fingerprint density at radius 2 is 1.77 bits per heavy atom. The summed E-state index contributed by atoms with van der Waals surface area (Å²) in [5.74, 6) is 0.175. The normalized spacial score (nSPS) is 17.3. The highest BCUT2D eigenvalue weighted by atomic mass is 35.5. The Balaban J connectivity index is 1.45. The molecule has 0 radical (unpaired) electrons. The lowest BCUT2D eigenvalue weighted by atomic mass is 9.82. The number of hydrogen-bond acceptors (Lipinski definition) is 5. The van der Waals surface area contributed by atoms with Crippen molar-refractivity contribution in [2.75, 3.05) is 13.1 Å². The van der Waals surface area contributed by atoms with Gasteiger partial charge in [-0.05, 0) is 36.4 Å². The lowest BCUT2D eigenvalue weighted by Crippen LogP contribution is -2.52. The molecular weight excluding hydrogens is 429 g/mol. The Hall–Kier alpha value is -2.57. The van der Waals surface area contributed by atoms with Crippen LogP contribution < -0.4 is 9.47 Å². The smallest absolute Gasteiger partial charge is 0.308 e. The molecule has 0 saturated carbocycles. The van der Waals surface area contributed by atoms with E-state index in [1.165, 1.54) is 6.92 Å². The summed E-state index contributed by atoms with van der Waals surface area (Å²) in [6.45, 7) is 2.23. The number of amides is 1. The highest BCUT2D eigenvalue weighted by molar-refractivity contribution is 6.36. The maximum atomic E-state index is 12.8. The van der Waals surface area contributed by atoms with Crippen LogP contribution in [0.4, 0.5) is 0 Å².